The van der Waals surface area contributed by atoms with Crippen molar-refractivity contribution in [3.05, 3.63) is 24.3 Å². The van der Waals surface area contributed by atoms with Crippen LogP contribution in [0.15, 0.2) is 24.3 Å². The minimum Gasteiger partial charge on any atom is -0.381 e. The largest absolute Gasteiger partial charge is 0.381 e. The van der Waals surface area contributed by atoms with Gasteiger partial charge in [-0.15, -0.1) is 0 Å². The molecule has 0 aliphatic heterocycles. The van der Waals surface area contributed by atoms with Gasteiger partial charge in [-0.1, -0.05) is 6.07 Å². The lowest BCUT2D eigenvalue weighted by molar-refractivity contribution is 0.603. The molecular formula is C9H16N4O2S. The minimum atomic E-state index is -3.73. The molecule has 0 bridgehead atoms. The van der Waals surface area contributed by atoms with Crippen molar-refractivity contribution in [1.29, 1.82) is 0 Å². The fourth-order valence-electron chi connectivity index (χ4n) is 1.18. The summed E-state index contributed by atoms with van der Waals surface area (Å²) in [5, 5.41) is 7.98. The predicted octanol–water partition coefficient (Wildman–Crippen LogP) is 0.0611. The maximum atomic E-state index is 10.8. The summed E-state index contributed by atoms with van der Waals surface area (Å²) in [6, 6.07) is 6.92. The third-order valence-electron chi connectivity index (χ3n) is 1.89. The van der Waals surface area contributed by atoms with Crippen LogP contribution in [0.4, 0.5) is 11.4 Å². The van der Waals surface area contributed by atoms with Crippen molar-refractivity contribution < 1.29 is 8.42 Å². The number of benzene rings is 1. The predicted molar refractivity (Wildman–Crippen MR) is 65.3 cm³/mol. The number of anilines is 2. The molecule has 0 spiro atoms. The highest BCUT2D eigenvalue weighted by Gasteiger charge is 2.04. The van der Waals surface area contributed by atoms with Gasteiger partial charge in [-0.05, 0) is 25.1 Å². The SMILES string of the molecule is CC(CN)Nc1cccc(NS(N)(=O)=O)c1. The molecule has 6 N–H and O–H groups in total. The first-order chi connectivity index (χ1) is 7.40. The molecule has 0 fully saturated rings. The maximum absolute atomic E-state index is 10.8. The molecule has 1 aromatic rings. The van der Waals surface area contributed by atoms with Crippen molar-refractivity contribution in [1.82, 2.24) is 0 Å². The van der Waals surface area contributed by atoms with E-state index in [1.807, 2.05) is 13.0 Å². The van der Waals surface area contributed by atoms with Gasteiger partial charge in [0, 0.05) is 18.3 Å². The average Bonchev–Trinajstić information content (AvgIpc) is 2.15. The van der Waals surface area contributed by atoms with E-state index in [4.69, 9.17) is 10.9 Å². The van der Waals surface area contributed by atoms with Gasteiger partial charge in [0.2, 0.25) is 0 Å². The molecule has 0 heterocycles. The number of hydrogen-bond acceptors (Lipinski definition) is 4. The van der Waals surface area contributed by atoms with Crippen LogP contribution in [0.1, 0.15) is 6.92 Å². The first-order valence-corrected chi connectivity index (χ1v) is 6.32. The molecule has 1 rings (SSSR count). The molecule has 6 nitrogen and oxygen atoms in total. The van der Waals surface area contributed by atoms with E-state index in [-0.39, 0.29) is 6.04 Å². The smallest absolute Gasteiger partial charge is 0.296 e. The van der Waals surface area contributed by atoms with E-state index in [0.717, 1.165) is 5.69 Å². The summed E-state index contributed by atoms with van der Waals surface area (Å²) < 4.78 is 23.8. The van der Waals surface area contributed by atoms with Crippen molar-refractivity contribution in [2.24, 2.45) is 10.9 Å². The Morgan fingerprint density at radius 2 is 2.00 bits per heavy atom. The van der Waals surface area contributed by atoms with Gasteiger partial charge in [0.25, 0.3) is 10.2 Å². The van der Waals surface area contributed by atoms with E-state index < -0.39 is 10.2 Å². The van der Waals surface area contributed by atoms with Gasteiger partial charge >= 0.3 is 0 Å². The third-order valence-corrected chi connectivity index (χ3v) is 2.41. The van der Waals surface area contributed by atoms with Crippen molar-refractivity contribution in [2.75, 3.05) is 16.6 Å². The molecule has 0 aliphatic carbocycles. The number of hydrogen-bond donors (Lipinski definition) is 4. The molecule has 7 heteroatoms. The Kier molecular flexibility index (Phi) is 4.11. The van der Waals surface area contributed by atoms with Crippen LogP contribution in [0, 0.1) is 0 Å². The highest BCUT2D eigenvalue weighted by atomic mass is 32.2. The van der Waals surface area contributed by atoms with Crippen LogP contribution in [0.3, 0.4) is 0 Å². The molecule has 1 unspecified atom stereocenters. The molecule has 0 saturated heterocycles. The quantitative estimate of drug-likeness (QED) is 0.587. The van der Waals surface area contributed by atoms with Crippen LogP contribution in [-0.2, 0) is 10.2 Å². The first-order valence-electron chi connectivity index (χ1n) is 4.78. The zero-order chi connectivity index (χ0) is 12.2. The molecule has 1 aromatic carbocycles. The summed E-state index contributed by atoms with van der Waals surface area (Å²) in [6.45, 7) is 2.42. The second-order valence-electron chi connectivity index (χ2n) is 3.51. The van der Waals surface area contributed by atoms with Gasteiger partial charge in [-0.3, -0.25) is 4.72 Å². The van der Waals surface area contributed by atoms with E-state index in [2.05, 4.69) is 10.0 Å². The summed E-state index contributed by atoms with van der Waals surface area (Å²) in [5.41, 5.74) is 6.66. The second kappa shape index (κ2) is 5.15. The lowest BCUT2D eigenvalue weighted by Crippen LogP contribution is -2.25. The normalized spacial score (nSPS) is 13.2. The van der Waals surface area contributed by atoms with Gasteiger partial charge in [-0.25, -0.2) is 5.14 Å². The molecule has 0 aliphatic rings. The van der Waals surface area contributed by atoms with Crippen molar-refractivity contribution in [3.8, 4) is 0 Å². The summed E-state index contributed by atoms with van der Waals surface area (Å²) in [4.78, 5) is 0. The Bertz CT molecular complexity index is 447. The van der Waals surface area contributed by atoms with Crippen LogP contribution in [0.2, 0.25) is 0 Å². The lowest BCUT2D eigenvalue weighted by atomic mass is 10.2. The Morgan fingerprint density at radius 3 is 2.56 bits per heavy atom. The van der Waals surface area contributed by atoms with Gasteiger partial charge < -0.3 is 11.1 Å². The van der Waals surface area contributed by atoms with Gasteiger partial charge in [0.1, 0.15) is 0 Å². The molecule has 1 atom stereocenters. The Balaban J connectivity index is 2.79. The standard InChI is InChI=1S/C9H16N4O2S/c1-7(6-10)12-8-3-2-4-9(5-8)13-16(11,14)15/h2-5,7,12-13H,6,10H2,1H3,(H2,11,14,15). The highest BCUT2D eigenvalue weighted by molar-refractivity contribution is 7.90. The minimum absolute atomic E-state index is 0.115. The van der Waals surface area contributed by atoms with Crippen LogP contribution >= 0.6 is 0 Å². The third kappa shape index (κ3) is 4.47. The van der Waals surface area contributed by atoms with Crippen molar-refractivity contribution in [2.45, 2.75) is 13.0 Å². The monoisotopic (exact) mass is 244 g/mol. The molecule has 90 valence electrons. The van der Waals surface area contributed by atoms with Crippen molar-refractivity contribution >= 4 is 21.6 Å². The van der Waals surface area contributed by atoms with E-state index >= 15 is 0 Å². The Labute approximate surface area is 95.2 Å². The number of nitrogens with two attached hydrogens (primary N) is 2. The van der Waals surface area contributed by atoms with Gasteiger partial charge in [0.15, 0.2) is 0 Å². The van der Waals surface area contributed by atoms with E-state index in [1.165, 1.54) is 0 Å². The molecule has 0 amide bonds. The van der Waals surface area contributed by atoms with E-state index in [9.17, 15) is 8.42 Å². The van der Waals surface area contributed by atoms with Gasteiger partial charge in [-0.2, -0.15) is 8.42 Å². The molecule has 0 radical (unpaired) electrons. The average molecular weight is 244 g/mol. The van der Waals surface area contributed by atoms with Crippen LogP contribution in [-0.4, -0.2) is 21.0 Å². The zero-order valence-electron chi connectivity index (χ0n) is 8.97. The van der Waals surface area contributed by atoms with Crippen molar-refractivity contribution in [3.63, 3.8) is 0 Å². The molecule has 16 heavy (non-hydrogen) atoms. The topological polar surface area (TPSA) is 110 Å². The van der Waals surface area contributed by atoms with Crippen LogP contribution in [0.5, 0.6) is 0 Å². The second-order valence-corrected chi connectivity index (χ2v) is 4.80. The summed E-state index contributed by atoms with van der Waals surface area (Å²) in [5.74, 6) is 0. The van der Waals surface area contributed by atoms with Crippen LogP contribution in [0.25, 0.3) is 0 Å². The Morgan fingerprint density at radius 1 is 1.38 bits per heavy atom. The number of nitrogens with one attached hydrogen (secondary N) is 2. The number of rotatable bonds is 5. The zero-order valence-corrected chi connectivity index (χ0v) is 9.79. The lowest BCUT2D eigenvalue weighted by Gasteiger charge is -2.13. The van der Waals surface area contributed by atoms with E-state index in [0.29, 0.717) is 12.2 Å². The summed E-state index contributed by atoms with van der Waals surface area (Å²) in [6.07, 6.45) is 0. The molecular weight excluding hydrogens is 228 g/mol. The summed E-state index contributed by atoms with van der Waals surface area (Å²) in [7, 11) is -3.73. The fraction of sp³-hybridized carbons (Fsp3) is 0.333. The molecule has 0 saturated carbocycles. The molecule has 0 aromatic heterocycles. The Hall–Kier alpha value is -1.31. The van der Waals surface area contributed by atoms with Crippen LogP contribution < -0.4 is 20.9 Å². The fourth-order valence-corrected chi connectivity index (χ4v) is 1.64. The van der Waals surface area contributed by atoms with E-state index in [1.54, 1.807) is 18.2 Å². The van der Waals surface area contributed by atoms with Gasteiger partial charge in [0.05, 0.1) is 5.69 Å². The summed E-state index contributed by atoms with van der Waals surface area (Å²) >= 11 is 0. The highest BCUT2D eigenvalue weighted by Crippen LogP contribution is 2.16. The maximum Gasteiger partial charge on any atom is 0.296 e. The first kappa shape index (κ1) is 12.8.